The Hall–Kier alpha value is -0.120. The third-order valence-electron chi connectivity index (χ3n) is 3.65. The van der Waals surface area contributed by atoms with Gasteiger partial charge in [0, 0.05) is 32.3 Å². The van der Waals surface area contributed by atoms with Crippen LogP contribution in [0.5, 0.6) is 0 Å². The lowest BCUT2D eigenvalue weighted by Gasteiger charge is -2.23. The largest absolute Gasteiger partial charge is 0.380 e. The van der Waals surface area contributed by atoms with Crippen LogP contribution in [0.25, 0.3) is 0 Å². The first-order valence-corrected chi connectivity index (χ1v) is 7.33. The molecule has 1 N–H and O–H groups in total. The van der Waals surface area contributed by atoms with Crippen molar-refractivity contribution < 1.29 is 4.74 Å². The van der Waals surface area contributed by atoms with Gasteiger partial charge in [-0.3, -0.25) is 0 Å². The number of hydrogen-bond donors (Lipinski definition) is 1. The summed E-state index contributed by atoms with van der Waals surface area (Å²) in [4.78, 5) is 2.51. The van der Waals surface area contributed by atoms with Gasteiger partial charge in [-0.15, -0.1) is 0 Å². The molecule has 3 heteroatoms. The van der Waals surface area contributed by atoms with E-state index in [2.05, 4.69) is 24.2 Å². The first-order chi connectivity index (χ1) is 8.34. The van der Waals surface area contributed by atoms with Crippen LogP contribution in [0.1, 0.15) is 45.4 Å². The summed E-state index contributed by atoms with van der Waals surface area (Å²) in [6.07, 6.45) is 8.05. The third kappa shape index (κ3) is 7.02. The Balaban J connectivity index is 1.83. The molecule has 0 heterocycles. The molecule has 1 aliphatic rings. The average Bonchev–Trinajstić information content (AvgIpc) is 2.86. The number of ether oxygens (including phenoxy) is 1. The highest BCUT2D eigenvalue weighted by molar-refractivity contribution is 4.75. The van der Waals surface area contributed by atoms with Gasteiger partial charge in [0.25, 0.3) is 0 Å². The predicted octanol–water partition coefficient (Wildman–Crippen LogP) is 2.27. The Morgan fingerprint density at radius 3 is 2.65 bits per heavy atom. The van der Waals surface area contributed by atoms with E-state index < -0.39 is 0 Å². The molecule has 0 bridgehead atoms. The van der Waals surface area contributed by atoms with Crippen LogP contribution in [0.4, 0.5) is 0 Å². The Morgan fingerprint density at radius 2 is 1.94 bits per heavy atom. The fraction of sp³-hybridized carbons (Fsp3) is 1.00. The minimum Gasteiger partial charge on any atom is -0.380 e. The van der Waals surface area contributed by atoms with Gasteiger partial charge in [-0.1, -0.05) is 26.2 Å². The second-order valence-electron chi connectivity index (χ2n) is 5.13. The maximum Gasteiger partial charge on any atom is 0.0590 e. The van der Waals surface area contributed by atoms with E-state index in [1.807, 2.05) is 0 Å². The molecule has 0 aromatic rings. The van der Waals surface area contributed by atoms with Crippen molar-refractivity contribution in [3.63, 3.8) is 0 Å². The summed E-state index contributed by atoms with van der Waals surface area (Å²) < 4.78 is 5.50. The van der Waals surface area contributed by atoms with Gasteiger partial charge in [0.05, 0.1) is 6.61 Å². The lowest BCUT2D eigenvalue weighted by Crippen LogP contribution is -2.36. The molecule has 0 radical (unpaired) electrons. The fourth-order valence-corrected chi connectivity index (χ4v) is 2.40. The smallest absolute Gasteiger partial charge is 0.0590 e. The zero-order valence-electron chi connectivity index (χ0n) is 11.7. The minimum atomic E-state index is 0.845. The summed E-state index contributed by atoms with van der Waals surface area (Å²) in [5.74, 6) is 0. The van der Waals surface area contributed by atoms with Gasteiger partial charge in [0.2, 0.25) is 0 Å². The maximum atomic E-state index is 5.50. The summed E-state index contributed by atoms with van der Waals surface area (Å²) in [6, 6.07) is 0.845. The van der Waals surface area contributed by atoms with Gasteiger partial charge in [0.15, 0.2) is 0 Å². The third-order valence-corrected chi connectivity index (χ3v) is 3.65. The molecule has 1 saturated carbocycles. The van der Waals surface area contributed by atoms with Gasteiger partial charge < -0.3 is 15.0 Å². The lowest BCUT2D eigenvalue weighted by atomic mass is 10.2. The molecule has 17 heavy (non-hydrogen) atoms. The molecule has 0 atom stereocenters. The van der Waals surface area contributed by atoms with Gasteiger partial charge in [-0.25, -0.2) is 0 Å². The first kappa shape index (κ1) is 14.9. The van der Waals surface area contributed by atoms with E-state index in [4.69, 9.17) is 4.74 Å². The molecule has 0 spiro atoms. The average molecular weight is 242 g/mol. The highest BCUT2D eigenvalue weighted by Crippen LogP contribution is 2.21. The van der Waals surface area contributed by atoms with Gasteiger partial charge in [-0.2, -0.15) is 0 Å². The van der Waals surface area contributed by atoms with E-state index in [0.717, 1.165) is 32.3 Å². The number of unbranched alkanes of at least 4 members (excludes halogenated alkanes) is 1. The molecule has 0 aliphatic heterocycles. The minimum absolute atomic E-state index is 0.845. The van der Waals surface area contributed by atoms with Crippen LogP contribution in [0.2, 0.25) is 0 Å². The second-order valence-corrected chi connectivity index (χ2v) is 5.13. The predicted molar refractivity (Wildman–Crippen MR) is 73.5 cm³/mol. The molecule has 0 amide bonds. The van der Waals surface area contributed by atoms with Crippen molar-refractivity contribution >= 4 is 0 Å². The SMILES string of the molecule is CCCCOCCNCCN(C)C1CCCC1. The van der Waals surface area contributed by atoms with Crippen molar-refractivity contribution in [2.45, 2.75) is 51.5 Å². The van der Waals surface area contributed by atoms with Gasteiger partial charge in [0.1, 0.15) is 0 Å². The van der Waals surface area contributed by atoms with Crippen LogP contribution < -0.4 is 5.32 Å². The van der Waals surface area contributed by atoms with Crippen LogP contribution in [-0.2, 0) is 4.74 Å². The molecule has 0 unspecified atom stereocenters. The van der Waals surface area contributed by atoms with E-state index in [9.17, 15) is 0 Å². The zero-order chi connectivity index (χ0) is 12.3. The Bertz CT molecular complexity index is 170. The van der Waals surface area contributed by atoms with Crippen molar-refractivity contribution in [2.24, 2.45) is 0 Å². The van der Waals surface area contributed by atoms with E-state index >= 15 is 0 Å². The van der Waals surface area contributed by atoms with Crippen LogP contribution in [0, 0.1) is 0 Å². The van der Waals surface area contributed by atoms with Crippen molar-refractivity contribution in [1.29, 1.82) is 0 Å². The number of rotatable bonds is 10. The van der Waals surface area contributed by atoms with E-state index in [-0.39, 0.29) is 0 Å². The fourth-order valence-electron chi connectivity index (χ4n) is 2.40. The van der Waals surface area contributed by atoms with Crippen molar-refractivity contribution in [1.82, 2.24) is 10.2 Å². The molecule has 0 saturated heterocycles. The summed E-state index contributed by atoms with van der Waals surface area (Å²) in [6.45, 7) is 7.21. The molecule has 1 fully saturated rings. The summed E-state index contributed by atoms with van der Waals surface area (Å²) in [7, 11) is 2.26. The lowest BCUT2D eigenvalue weighted by molar-refractivity contribution is 0.132. The molecule has 102 valence electrons. The number of likely N-dealkylation sites (N-methyl/N-ethyl adjacent to an activating group) is 1. The van der Waals surface area contributed by atoms with Crippen LogP contribution in [-0.4, -0.2) is 50.8 Å². The van der Waals surface area contributed by atoms with Crippen molar-refractivity contribution in [3.05, 3.63) is 0 Å². The van der Waals surface area contributed by atoms with E-state index in [1.165, 1.54) is 45.1 Å². The highest BCUT2D eigenvalue weighted by atomic mass is 16.5. The van der Waals surface area contributed by atoms with Crippen LogP contribution in [0.3, 0.4) is 0 Å². The second kappa shape index (κ2) is 9.86. The van der Waals surface area contributed by atoms with Crippen LogP contribution >= 0.6 is 0 Å². The van der Waals surface area contributed by atoms with Crippen molar-refractivity contribution in [3.8, 4) is 0 Å². The Labute approximate surface area is 107 Å². The first-order valence-electron chi connectivity index (χ1n) is 7.33. The summed E-state index contributed by atoms with van der Waals surface area (Å²) in [5.41, 5.74) is 0. The van der Waals surface area contributed by atoms with E-state index in [0.29, 0.717) is 0 Å². The zero-order valence-corrected chi connectivity index (χ0v) is 11.7. The monoisotopic (exact) mass is 242 g/mol. The summed E-state index contributed by atoms with van der Waals surface area (Å²) >= 11 is 0. The molecule has 1 aliphatic carbocycles. The molecular formula is C14H30N2O. The molecule has 0 aromatic heterocycles. The van der Waals surface area contributed by atoms with Gasteiger partial charge >= 0.3 is 0 Å². The molecule has 0 aromatic carbocycles. The van der Waals surface area contributed by atoms with Crippen molar-refractivity contribution in [2.75, 3.05) is 39.9 Å². The molecule has 3 nitrogen and oxygen atoms in total. The number of nitrogens with one attached hydrogen (secondary N) is 1. The Morgan fingerprint density at radius 1 is 1.18 bits per heavy atom. The molecule has 1 rings (SSSR count). The number of hydrogen-bond acceptors (Lipinski definition) is 3. The Kier molecular flexibility index (Phi) is 8.67. The number of nitrogens with zero attached hydrogens (tertiary/aromatic N) is 1. The van der Waals surface area contributed by atoms with Gasteiger partial charge in [-0.05, 0) is 26.3 Å². The molecular weight excluding hydrogens is 212 g/mol. The maximum absolute atomic E-state index is 5.50. The standard InChI is InChI=1S/C14H30N2O/c1-3-4-12-17-13-10-15-9-11-16(2)14-7-5-6-8-14/h14-15H,3-13H2,1-2H3. The van der Waals surface area contributed by atoms with Crippen LogP contribution in [0.15, 0.2) is 0 Å². The topological polar surface area (TPSA) is 24.5 Å². The normalized spacial score (nSPS) is 17.1. The quantitative estimate of drug-likeness (QED) is 0.595. The van der Waals surface area contributed by atoms with E-state index in [1.54, 1.807) is 0 Å². The summed E-state index contributed by atoms with van der Waals surface area (Å²) in [5, 5.41) is 3.45. The highest BCUT2D eigenvalue weighted by Gasteiger charge is 2.18.